The molecule has 0 saturated heterocycles. The zero-order chi connectivity index (χ0) is 19.0. The number of carbonyl (C=O) groups is 2. The van der Waals surface area contributed by atoms with Gasteiger partial charge in [-0.1, -0.05) is 0 Å². The number of ketones is 1. The van der Waals surface area contributed by atoms with Gasteiger partial charge >= 0.3 is 5.97 Å². The first-order chi connectivity index (χ1) is 12.9. The maximum absolute atomic E-state index is 12.8. The third kappa shape index (κ3) is 3.66. The standard InChI is InChI=1S/C21H23NO5/c23-19(21-10-15-7-16(11-21)9-17(8-15)12-21)13-27-20(24)6-3-14-1-4-18(5-2-14)22(25)26/h1-6,15-17H,7-13H2. The second kappa shape index (κ2) is 6.91. The van der Waals surface area contributed by atoms with Crippen molar-refractivity contribution >= 4 is 23.5 Å². The molecule has 4 saturated carbocycles. The molecule has 142 valence electrons. The summed E-state index contributed by atoms with van der Waals surface area (Å²) >= 11 is 0. The topological polar surface area (TPSA) is 86.5 Å². The molecule has 4 fully saturated rings. The highest BCUT2D eigenvalue weighted by molar-refractivity contribution is 5.91. The first kappa shape index (κ1) is 17.9. The van der Waals surface area contributed by atoms with Crippen molar-refractivity contribution in [2.24, 2.45) is 23.2 Å². The van der Waals surface area contributed by atoms with Crippen LogP contribution in [0.2, 0.25) is 0 Å². The summed E-state index contributed by atoms with van der Waals surface area (Å²) in [4.78, 5) is 34.9. The van der Waals surface area contributed by atoms with Crippen LogP contribution in [0.5, 0.6) is 0 Å². The molecule has 0 spiro atoms. The fraction of sp³-hybridized carbons (Fsp3) is 0.524. The summed E-state index contributed by atoms with van der Waals surface area (Å²) in [6, 6.07) is 5.87. The summed E-state index contributed by atoms with van der Waals surface area (Å²) < 4.78 is 5.19. The van der Waals surface area contributed by atoms with E-state index in [4.69, 9.17) is 4.74 Å². The number of benzene rings is 1. The first-order valence-corrected chi connectivity index (χ1v) is 9.56. The van der Waals surface area contributed by atoms with E-state index in [-0.39, 0.29) is 23.5 Å². The van der Waals surface area contributed by atoms with Gasteiger partial charge in [0.25, 0.3) is 5.69 Å². The van der Waals surface area contributed by atoms with Crippen LogP contribution in [0.15, 0.2) is 30.3 Å². The zero-order valence-corrected chi connectivity index (χ0v) is 15.1. The van der Waals surface area contributed by atoms with Crippen molar-refractivity contribution in [1.82, 2.24) is 0 Å². The number of hydrogen-bond acceptors (Lipinski definition) is 5. The number of esters is 1. The zero-order valence-electron chi connectivity index (χ0n) is 15.1. The van der Waals surface area contributed by atoms with Gasteiger partial charge in [0.2, 0.25) is 0 Å². The monoisotopic (exact) mass is 369 g/mol. The third-order valence-electron chi connectivity index (χ3n) is 6.49. The van der Waals surface area contributed by atoms with Gasteiger partial charge < -0.3 is 4.74 Å². The van der Waals surface area contributed by atoms with Crippen molar-refractivity contribution in [3.05, 3.63) is 46.0 Å². The van der Waals surface area contributed by atoms with Crippen LogP contribution in [0.4, 0.5) is 5.69 Å². The SMILES string of the molecule is O=C(C=Cc1ccc([N+](=O)[O-])cc1)OCC(=O)C12CC3CC(CC(C3)C1)C2. The molecule has 0 N–H and O–H groups in total. The Labute approximate surface area is 157 Å². The molecule has 1 aromatic carbocycles. The second-order valence-corrected chi connectivity index (χ2v) is 8.41. The van der Waals surface area contributed by atoms with Crippen LogP contribution in [0, 0.1) is 33.3 Å². The molecule has 6 nitrogen and oxygen atoms in total. The molecule has 27 heavy (non-hydrogen) atoms. The highest BCUT2D eigenvalue weighted by Gasteiger charge is 2.54. The molecule has 4 aliphatic carbocycles. The van der Waals surface area contributed by atoms with E-state index in [9.17, 15) is 19.7 Å². The molecular formula is C21H23NO5. The lowest BCUT2D eigenvalue weighted by molar-refractivity contribution is -0.384. The Hall–Kier alpha value is -2.50. The van der Waals surface area contributed by atoms with Crippen LogP contribution in [0.1, 0.15) is 44.1 Å². The smallest absolute Gasteiger partial charge is 0.331 e. The van der Waals surface area contributed by atoms with Crippen LogP contribution in [-0.2, 0) is 14.3 Å². The van der Waals surface area contributed by atoms with E-state index >= 15 is 0 Å². The van der Waals surface area contributed by atoms with Crippen molar-refractivity contribution in [1.29, 1.82) is 0 Å². The van der Waals surface area contributed by atoms with E-state index < -0.39 is 10.9 Å². The fourth-order valence-electron chi connectivity index (χ4n) is 5.66. The molecule has 0 heterocycles. The Morgan fingerprint density at radius 2 is 1.63 bits per heavy atom. The molecule has 0 atom stereocenters. The minimum Gasteiger partial charge on any atom is -0.455 e. The van der Waals surface area contributed by atoms with Crippen molar-refractivity contribution < 1.29 is 19.2 Å². The average Bonchev–Trinajstić information content (AvgIpc) is 2.63. The molecule has 1 aromatic rings. The fourth-order valence-corrected chi connectivity index (χ4v) is 5.66. The van der Waals surface area contributed by atoms with Crippen LogP contribution in [0.25, 0.3) is 6.08 Å². The number of ether oxygens (including phenoxy) is 1. The summed E-state index contributed by atoms with van der Waals surface area (Å²) in [6.45, 7) is -0.157. The Morgan fingerprint density at radius 3 is 2.15 bits per heavy atom. The second-order valence-electron chi connectivity index (χ2n) is 8.41. The number of nitro groups is 1. The largest absolute Gasteiger partial charge is 0.455 e. The van der Waals surface area contributed by atoms with Crippen LogP contribution in [-0.4, -0.2) is 23.3 Å². The normalized spacial score (nSPS) is 31.2. The molecule has 0 amide bonds. The van der Waals surface area contributed by atoms with Gasteiger partial charge in [-0.3, -0.25) is 14.9 Å². The minimum absolute atomic E-state index is 0.00380. The third-order valence-corrected chi connectivity index (χ3v) is 6.49. The Bertz CT molecular complexity index is 760. The van der Waals surface area contributed by atoms with Crippen LogP contribution in [0.3, 0.4) is 0 Å². The van der Waals surface area contributed by atoms with Gasteiger partial charge in [0.15, 0.2) is 12.4 Å². The molecule has 0 radical (unpaired) electrons. The highest BCUT2D eigenvalue weighted by atomic mass is 16.6. The van der Waals surface area contributed by atoms with Gasteiger partial charge in [-0.05, 0) is 80.1 Å². The van der Waals surface area contributed by atoms with E-state index in [1.165, 1.54) is 43.5 Å². The lowest BCUT2D eigenvalue weighted by atomic mass is 9.48. The Balaban J connectivity index is 1.31. The number of carbonyl (C=O) groups excluding carboxylic acids is 2. The van der Waals surface area contributed by atoms with E-state index in [1.54, 1.807) is 12.1 Å². The maximum Gasteiger partial charge on any atom is 0.331 e. The van der Waals surface area contributed by atoms with Gasteiger partial charge in [0.05, 0.1) is 4.92 Å². The maximum atomic E-state index is 12.8. The summed E-state index contributed by atoms with van der Waals surface area (Å²) in [5.41, 5.74) is 0.401. The van der Waals surface area contributed by atoms with Gasteiger partial charge in [-0.15, -0.1) is 0 Å². The number of Topliss-reactive ketones (excluding diaryl/α,β-unsaturated/α-hetero) is 1. The summed E-state index contributed by atoms with van der Waals surface area (Å²) in [5, 5.41) is 10.6. The first-order valence-electron chi connectivity index (χ1n) is 9.56. The molecule has 6 heteroatoms. The number of nitro benzene ring substituents is 1. The average molecular weight is 369 g/mol. The minimum atomic E-state index is -0.563. The summed E-state index contributed by atoms with van der Waals surface area (Å²) in [5.74, 6) is 1.55. The van der Waals surface area contributed by atoms with E-state index in [0.717, 1.165) is 19.3 Å². The molecule has 4 aliphatic rings. The van der Waals surface area contributed by atoms with Crippen molar-refractivity contribution in [2.75, 3.05) is 6.61 Å². The Morgan fingerprint density at radius 1 is 1.07 bits per heavy atom. The molecular weight excluding hydrogens is 346 g/mol. The van der Waals surface area contributed by atoms with Crippen molar-refractivity contribution in [3.63, 3.8) is 0 Å². The van der Waals surface area contributed by atoms with Crippen LogP contribution < -0.4 is 0 Å². The number of non-ortho nitro benzene ring substituents is 1. The predicted molar refractivity (Wildman–Crippen MR) is 98.7 cm³/mol. The molecule has 0 aromatic heterocycles. The molecule has 4 bridgehead atoms. The Kier molecular flexibility index (Phi) is 4.58. The molecule has 5 rings (SSSR count). The van der Waals surface area contributed by atoms with Crippen LogP contribution >= 0.6 is 0 Å². The highest BCUT2D eigenvalue weighted by Crippen LogP contribution is 2.60. The predicted octanol–water partition coefficient (Wildman–Crippen LogP) is 3.94. The van der Waals surface area contributed by atoms with Gasteiger partial charge in [-0.2, -0.15) is 0 Å². The van der Waals surface area contributed by atoms with Crippen molar-refractivity contribution in [2.45, 2.75) is 38.5 Å². The summed E-state index contributed by atoms with van der Waals surface area (Å²) in [6.07, 6.45) is 9.49. The lowest BCUT2D eigenvalue weighted by Gasteiger charge is -2.55. The number of nitrogens with zero attached hydrogens (tertiary/aromatic N) is 1. The van der Waals surface area contributed by atoms with Gasteiger partial charge in [0, 0.05) is 23.6 Å². The number of rotatable bonds is 6. The van der Waals surface area contributed by atoms with E-state index in [0.29, 0.717) is 23.3 Å². The van der Waals surface area contributed by atoms with E-state index in [2.05, 4.69) is 0 Å². The van der Waals surface area contributed by atoms with E-state index in [1.807, 2.05) is 0 Å². The number of hydrogen-bond donors (Lipinski definition) is 0. The molecule has 0 aliphatic heterocycles. The van der Waals surface area contributed by atoms with Crippen molar-refractivity contribution in [3.8, 4) is 0 Å². The lowest BCUT2D eigenvalue weighted by Crippen LogP contribution is -2.51. The van der Waals surface area contributed by atoms with Gasteiger partial charge in [-0.25, -0.2) is 4.79 Å². The van der Waals surface area contributed by atoms with Gasteiger partial charge in [0.1, 0.15) is 0 Å². The summed E-state index contributed by atoms with van der Waals surface area (Å²) in [7, 11) is 0. The molecule has 0 unspecified atom stereocenters. The quantitative estimate of drug-likeness (QED) is 0.328.